The lowest BCUT2D eigenvalue weighted by Gasteiger charge is -2.26. The summed E-state index contributed by atoms with van der Waals surface area (Å²) in [4.78, 5) is 29.6. The van der Waals surface area contributed by atoms with Crippen molar-refractivity contribution in [3.05, 3.63) is 47.5 Å². The Morgan fingerprint density at radius 2 is 1.89 bits per heavy atom. The summed E-state index contributed by atoms with van der Waals surface area (Å²) in [5, 5.41) is 13.9. The van der Waals surface area contributed by atoms with Crippen molar-refractivity contribution >= 4 is 33.8 Å². The first-order valence-corrected chi connectivity index (χ1v) is 13.3. The highest BCUT2D eigenvalue weighted by Gasteiger charge is 2.29. The van der Waals surface area contributed by atoms with Gasteiger partial charge in [-0.3, -0.25) is 4.79 Å². The van der Waals surface area contributed by atoms with Gasteiger partial charge >= 0.3 is 5.97 Å². The molecule has 8 nitrogen and oxygen atoms in total. The molecule has 0 saturated carbocycles. The number of nitrogens with zero attached hydrogens (tertiary/aromatic N) is 3. The molecule has 2 N–H and O–H groups in total. The number of aryl methyl sites for hydroxylation is 2. The van der Waals surface area contributed by atoms with E-state index in [1.54, 1.807) is 19.2 Å². The van der Waals surface area contributed by atoms with Crippen LogP contribution in [0, 0.1) is 5.41 Å². The Hall–Kier alpha value is -3.81. The molecule has 2 aromatic carbocycles. The summed E-state index contributed by atoms with van der Waals surface area (Å²) in [6.45, 7) is 6.94. The van der Waals surface area contributed by atoms with Crippen LogP contribution in [0.5, 0.6) is 5.75 Å². The minimum atomic E-state index is -1.02. The molecule has 3 heterocycles. The van der Waals surface area contributed by atoms with Crippen LogP contribution in [0.4, 0.5) is 0 Å². The maximum absolute atomic E-state index is 13.0. The second-order valence-corrected chi connectivity index (χ2v) is 11.1. The topological polar surface area (TPSA) is 98.4 Å². The Morgan fingerprint density at radius 1 is 1.13 bits per heavy atom. The number of amides is 1. The van der Waals surface area contributed by atoms with Crippen molar-refractivity contribution in [2.24, 2.45) is 12.5 Å². The predicted octanol–water partition coefficient (Wildman–Crippen LogP) is 6.07. The quantitative estimate of drug-likeness (QED) is 0.344. The van der Waals surface area contributed by atoms with Crippen LogP contribution in [-0.2, 0) is 18.4 Å². The van der Waals surface area contributed by atoms with Crippen molar-refractivity contribution in [2.45, 2.75) is 65.5 Å². The minimum Gasteiger partial charge on any atom is -0.494 e. The smallest absolute Gasteiger partial charge is 0.335 e. The summed E-state index contributed by atoms with van der Waals surface area (Å²) in [5.41, 5.74) is 4.22. The summed E-state index contributed by atoms with van der Waals surface area (Å²) >= 11 is 0. The van der Waals surface area contributed by atoms with Crippen LogP contribution in [0.25, 0.3) is 33.5 Å². The van der Waals surface area contributed by atoms with Gasteiger partial charge in [-0.2, -0.15) is 0 Å². The number of carboxylic acids is 1. The monoisotopic (exact) mass is 516 g/mol. The van der Waals surface area contributed by atoms with E-state index in [2.05, 4.69) is 34.1 Å². The highest BCUT2D eigenvalue weighted by Crippen LogP contribution is 2.36. The Bertz CT molecular complexity index is 1550. The van der Waals surface area contributed by atoms with E-state index >= 15 is 0 Å². The Kier molecular flexibility index (Phi) is 6.67. The number of methoxy groups -OCH3 is 1. The lowest BCUT2D eigenvalue weighted by molar-refractivity contribution is -0.130. The molecule has 0 saturated heterocycles. The molecule has 1 aliphatic rings. The third-order valence-corrected chi connectivity index (χ3v) is 7.95. The molecule has 0 fully saturated rings. The van der Waals surface area contributed by atoms with Gasteiger partial charge in [0.2, 0.25) is 5.91 Å². The number of carbonyl (C=O) groups is 2. The van der Waals surface area contributed by atoms with E-state index in [0.717, 1.165) is 72.2 Å². The summed E-state index contributed by atoms with van der Waals surface area (Å²) in [7, 11) is 3.48. The Balaban J connectivity index is 1.66. The molecule has 1 aliphatic heterocycles. The second kappa shape index (κ2) is 9.82. The van der Waals surface area contributed by atoms with E-state index in [-0.39, 0.29) is 17.5 Å². The van der Waals surface area contributed by atoms with Crippen LogP contribution in [0.1, 0.15) is 74.8 Å². The minimum absolute atomic E-state index is 0.0904. The molecule has 8 heteroatoms. The lowest BCUT2D eigenvalue weighted by Crippen LogP contribution is -2.38. The van der Waals surface area contributed by atoms with Crippen LogP contribution in [0.15, 0.2) is 36.4 Å². The zero-order valence-electron chi connectivity index (χ0n) is 22.8. The number of fused-ring (bicyclic) bond motifs is 2. The number of benzene rings is 2. The molecule has 5 rings (SSSR count). The van der Waals surface area contributed by atoms with E-state index < -0.39 is 11.4 Å². The van der Waals surface area contributed by atoms with E-state index in [0.29, 0.717) is 11.3 Å². The van der Waals surface area contributed by atoms with Crippen molar-refractivity contribution in [3.63, 3.8) is 0 Å². The normalized spacial score (nSPS) is 18.4. The molecular formula is C30H36N4O4. The summed E-state index contributed by atoms with van der Waals surface area (Å²) in [5.74, 6) is 0.306. The number of carbonyl (C=O) groups excluding carboxylic acids is 1. The van der Waals surface area contributed by atoms with E-state index in [9.17, 15) is 14.7 Å². The number of hydrogen-bond donors (Lipinski definition) is 2. The van der Waals surface area contributed by atoms with Gasteiger partial charge in [-0.25, -0.2) is 9.78 Å². The average Bonchev–Trinajstić information content (AvgIpc) is 3.41. The first-order chi connectivity index (χ1) is 18.1. The third kappa shape index (κ3) is 4.52. The molecule has 0 aliphatic carbocycles. The summed E-state index contributed by atoms with van der Waals surface area (Å²) in [6, 6.07) is 11.5. The SMILES string of the molecule is COc1cc(C(=O)O)cc2nc(-c3cc4ccc5cc4n3CCCCCCC(C)(C)C(=O)N[C@@H]5C)n(C)c12. The predicted molar refractivity (Wildman–Crippen MR) is 149 cm³/mol. The van der Waals surface area contributed by atoms with Crippen molar-refractivity contribution in [3.8, 4) is 17.3 Å². The number of rotatable bonds is 3. The average molecular weight is 517 g/mol. The zero-order valence-corrected chi connectivity index (χ0v) is 22.8. The molecule has 4 aromatic rings. The van der Waals surface area contributed by atoms with Crippen molar-refractivity contribution < 1.29 is 19.4 Å². The Morgan fingerprint density at radius 3 is 2.63 bits per heavy atom. The number of aromatic nitrogens is 3. The van der Waals surface area contributed by atoms with Gasteiger partial charge in [0.05, 0.1) is 29.9 Å². The maximum atomic E-state index is 13.0. The summed E-state index contributed by atoms with van der Waals surface area (Å²) < 4.78 is 9.85. The van der Waals surface area contributed by atoms with Gasteiger partial charge in [0, 0.05) is 29.9 Å². The first kappa shape index (κ1) is 25.8. The molecule has 1 amide bonds. The van der Waals surface area contributed by atoms with Crippen molar-refractivity contribution in [1.82, 2.24) is 19.4 Å². The fraction of sp³-hybridized carbons (Fsp3) is 0.433. The van der Waals surface area contributed by atoms with Gasteiger partial charge in [-0.1, -0.05) is 45.2 Å². The van der Waals surface area contributed by atoms with Gasteiger partial charge in [0.25, 0.3) is 0 Å². The van der Waals surface area contributed by atoms with Crippen LogP contribution in [-0.4, -0.2) is 38.2 Å². The Labute approximate surface area is 222 Å². The first-order valence-electron chi connectivity index (χ1n) is 13.3. The molecule has 38 heavy (non-hydrogen) atoms. The van der Waals surface area contributed by atoms with Gasteiger partial charge in [0.15, 0.2) is 5.82 Å². The fourth-order valence-electron chi connectivity index (χ4n) is 5.56. The van der Waals surface area contributed by atoms with Gasteiger partial charge < -0.3 is 24.3 Å². The molecular weight excluding hydrogens is 480 g/mol. The zero-order chi connectivity index (χ0) is 27.2. The standard InChI is InChI=1S/C30H36N4O4/c1-18-19-10-11-20-16-24(27-32-22-14-21(28(35)36)17-25(38-5)26(22)33(27)4)34(23(20)15-19)13-9-7-6-8-12-30(2,3)29(37)31-18/h10-11,14-18H,6-9,12-13H2,1-5H3,(H,31,37)(H,35,36)/t18-/m1/s1. The van der Waals surface area contributed by atoms with Crippen LogP contribution < -0.4 is 10.1 Å². The summed E-state index contributed by atoms with van der Waals surface area (Å²) in [6.07, 6.45) is 5.05. The van der Waals surface area contributed by atoms with Crippen LogP contribution in [0.2, 0.25) is 0 Å². The van der Waals surface area contributed by atoms with Crippen LogP contribution in [0.3, 0.4) is 0 Å². The van der Waals surface area contributed by atoms with Gasteiger partial charge in [-0.15, -0.1) is 0 Å². The molecule has 0 radical (unpaired) electrons. The van der Waals surface area contributed by atoms with Gasteiger partial charge in [-0.05, 0) is 49.6 Å². The fourth-order valence-corrected chi connectivity index (χ4v) is 5.56. The van der Waals surface area contributed by atoms with Crippen molar-refractivity contribution in [1.29, 1.82) is 0 Å². The highest BCUT2D eigenvalue weighted by molar-refractivity contribution is 5.97. The van der Waals surface area contributed by atoms with E-state index in [1.807, 2.05) is 32.4 Å². The molecule has 0 spiro atoms. The number of imidazole rings is 1. The molecule has 2 bridgehead atoms. The molecule has 200 valence electrons. The molecule has 2 aromatic heterocycles. The lowest BCUT2D eigenvalue weighted by atomic mass is 9.85. The second-order valence-electron chi connectivity index (χ2n) is 11.1. The number of aromatic carboxylic acids is 1. The molecule has 1 atom stereocenters. The van der Waals surface area contributed by atoms with Gasteiger partial charge in [0.1, 0.15) is 11.3 Å². The van der Waals surface area contributed by atoms with Crippen molar-refractivity contribution in [2.75, 3.05) is 7.11 Å². The van der Waals surface area contributed by atoms with Crippen LogP contribution >= 0.6 is 0 Å². The third-order valence-electron chi connectivity index (χ3n) is 7.95. The number of hydrogen-bond acceptors (Lipinski definition) is 4. The number of carboxylic acid groups (broad SMARTS) is 1. The molecule has 0 unspecified atom stereocenters. The van der Waals surface area contributed by atoms with E-state index in [4.69, 9.17) is 9.72 Å². The highest BCUT2D eigenvalue weighted by atomic mass is 16.5. The largest absolute Gasteiger partial charge is 0.494 e. The van der Waals surface area contributed by atoms with E-state index in [1.165, 1.54) is 0 Å². The number of nitrogens with one attached hydrogen (secondary N) is 1. The number of ether oxygens (including phenoxy) is 1. The maximum Gasteiger partial charge on any atom is 0.335 e.